The van der Waals surface area contributed by atoms with E-state index in [1.165, 1.54) is 17.5 Å². The summed E-state index contributed by atoms with van der Waals surface area (Å²) in [7, 11) is 0. The molecule has 3 nitrogen and oxygen atoms in total. The molecular formula is C15H18N2OS. The lowest BCUT2D eigenvalue weighted by molar-refractivity contribution is 0.449. The molecule has 0 amide bonds. The molecule has 1 aliphatic rings. The number of aryl methyl sites for hydroxylation is 2. The molecule has 0 spiro atoms. The molecule has 2 N–H and O–H groups in total. The van der Waals surface area contributed by atoms with Crippen LogP contribution in [0.5, 0.6) is 5.75 Å². The molecule has 0 saturated carbocycles. The molecule has 0 aliphatic heterocycles. The van der Waals surface area contributed by atoms with Gasteiger partial charge in [-0.05, 0) is 49.4 Å². The fourth-order valence-electron chi connectivity index (χ4n) is 2.71. The van der Waals surface area contributed by atoms with Crippen molar-refractivity contribution in [2.45, 2.75) is 38.8 Å². The van der Waals surface area contributed by atoms with Crippen molar-refractivity contribution >= 4 is 11.3 Å². The molecule has 3 rings (SSSR count). The Kier molecular flexibility index (Phi) is 3.53. The van der Waals surface area contributed by atoms with E-state index in [-0.39, 0.29) is 0 Å². The Morgan fingerprint density at radius 1 is 1.47 bits per heavy atom. The third-order valence-electron chi connectivity index (χ3n) is 3.61. The summed E-state index contributed by atoms with van der Waals surface area (Å²) in [6.07, 6.45) is 3.39. The summed E-state index contributed by atoms with van der Waals surface area (Å²) in [6, 6.07) is 6.12. The number of nitrogens with one attached hydrogen (secondary N) is 1. The second kappa shape index (κ2) is 5.31. The Morgan fingerprint density at radius 3 is 3.16 bits per heavy atom. The van der Waals surface area contributed by atoms with E-state index in [1.807, 2.05) is 13.0 Å². The lowest BCUT2D eigenvalue weighted by atomic mass is 9.87. The number of phenols is 1. The number of phenolic OH excluding ortho intramolecular Hbond substituents is 1. The molecule has 4 heteroatoms. The molecule has 1 atom stereocenters. The monoisotopic (exact) mass is 274 g/mol. The van der Waals surface area contributed by atoms with Gasteiger partial charge in [0.25, 0.3) is 0 Å². The summed E-state index contributed by atoms with van der Waals surface area (Å²) in [5.41, 5.74) is 3.70. The van der Waals surface area contributed by atoms with Gasteiger partial charge >= 0.3 is 0 Å². The number of hydrogen-bond donors (Lipinski definition) is 2. The van der Waals surface area contributed by atoms with Gasteiger partial charge in [-0.15, -0.1) is 11.3 Å². The van der Waals surface area contributed by atoms with E-state index < -0.39 is 0 Å². The van der Waals surface area contributed by atoms with Gasteiger partial charge in [-0.1, -0.05) is 6.07 Å². The minimum absolute atomic E-state index is 0.370. The van der Waals surface area contributed by atoms with Crippen molar-refractivity contribution in [3.8, 4) is 5.75 Å². The third kappa shape index (κ3) is 2.80. The van der Waals surface area contributed by atoms with Gasteiger partial charge in [-0.2, -0.15) is 0 Å². The van der Waals surface area contributed by atoms with Gasteiger partial charge in [0.15, 0.2) is 0 Å². The molecule has 1 aliphatic carbocycles. The summed E-state index contributed by atoms with van der Waals surface area (Å²) < 4.78 is 0. The van der Waals surface area contributed by atoms with E-state index in [4.69, 9.17) is 0 Å². The van der Waals surface area contributed by atoms with Gasteiger partial charge in [-0.25, -0.2) is 4.98 Å². The average molecular weight is 274 g/mol. The number of thiazole rings is 1. The van der Waals surface area contributed by atoms with Crippen molar-refractivity contribution in [3.05, 3.63) is 45.4 Å². The summed E-state index contributed by atoms with van der Waals surface area (Å²) in [6.45, 7) is 2.85. The van der Waals surface area contributed by atoms with Crippen LogP contribution in [0.3, 0.4) is 0 Å². The normalized spacial score (nSPS) is 18.3. The first-order valence-electron chi connectivity index (χ1n) is 6.68. The van der Waals surface area contributed by atoms with Crippen molar-refractivity contribution in [1.29, 1.82) is 0 Å². The number of fused-ring (bicyclic) bond motifs is 1. The highest BCUT2D eigenvalue weighted by atomic mass is 32.1. The predicted molar refractivity (Wildman–Crippen MR) is 77.5 cm³/mol. The average Bonchev–Trinajstić information content (AvgIpc) is 2.81. The van der Waals surface area contributed by atoms with Crippen LogP contribution < -0.4 is 5.32 Å². The Morgan fingerprint density at radius 2 is 2.37 bits per heavy atom. The molecule has 0 fully saturated rings. The van der Waals surface area contributed by atoms with E-state index >= 15 is 0 Å². The van der Waals surface area contributed by atoms with Gasteiger partial charge in [0.05, 0.1) is 0 Å². The van der Waals surface area contributed by atoms with Crippen molar-refractivity contribution in [3.63, 3.8) is 0 Å². The second-order valence-corrected chi connectivity index (χ2v) is 6.03. The fraction of sp³-hybridized carbons (Fsp3) is 0.400. The van der Waals surface area contributed by atoms with Gasteiger partial charge < -0.3 is 10.4 Å². The highest BCUT2D eigenvalue weighted by Gasteiger charge is 2.20. The Balaban J connectivity index is 1.73. The standard InChI is InChI=1S/C15H18N2OS/c1-10-9-19-15(17-10)8-16-14-4-2-3-11-7-12(18)5-6-13(11)14/h5-7,9,14,16,18H,2-4,8H2,1H3. The zero-order valence-corrected chi connectivity index (χ0v) is 11.8. The maximum absolute atomic E-state index is 9.56. The van der Waals surface area contributed by atoms with E-state index in [2.05, 4.69) is 21.7 Å². The largest absolute Gasteiger partial charge is 0.508 e. The number of aromatic hydroxyl groups is 1. The number of benzene rings is 1. The van der Waals surface area contributed by atoms with E-state index in [0.29, 0.717) is 11.8 Å². The maximum Gasteiger partial charge on any atom is 0.115 e. The summed E-state index contributed by atoms with van der Waals surface area (Å²) in [5, 5.41) is 16.4. The topological polar surface area (TPSA) is 45.1 Å². The smallest absolute Gasteiger partial charge is 0.115 e. The van der Waals surface area contributed by atoms with Crippen LogP contribution in [0.25, 0.3) is 0 Å². The molecule has 0 bridgehead atoms. The lowest BCUT2D eigenvalue weighted by Gasteiger charge is -2.26. The van der Waals surface area contributed by atoms with Crippen molar-refractivity contribution < 1.29 is 5.11 Å². The van der Waals surface area contributed by atoms with E-state index in [1.54, 1.807) is 17.4 Å². The fourth-order valence-corrected chi connectivity index (χ4v) is 3.43. The van der Waals surface area contributed by atoms with Crippen LogP contribution in [0, 0.1) is 6.92 Å². The van der Waals surface area contributed by atoms with Crippen LogP contribution in [-0.2, 0) is 13.0 Å². The van der Waals surface area contributed by atoms with Gasteiger partial charge in [-0.3, -0.25) is 0 Å². The van der Waals surface area contributed by atoms with Crippen LogP contribution in [0.15, 0.2) is 23.6 Å². The highest BCUT2D eigenvalue weighted by molar-refractivity contribution is 7.09. The summed E-state index contributed by atoms with van der Waals surface area (Å²) in [4.78, 5) is 4.48. The van der Waals surface area contributed by atoms with Crippen LogP contribution >= 0.6 is 11.3 Å². The first-order valence-corrected chi connectivity index (χ1v) is 7.56. The number of hydrogen-bond acceptors (Lipinski definition) is 4. The van der Waals surface area contributed by atoms with Crippen molar-refractivity contribution in [1.82, 2.24) is 10.3 Å². The molecule has 2 aromatic rings. The van der Waals surface area contributed by atoms with Crippen LogP contribution in [0.4, 0.5) is 0 Å². The lowest BCUT2D eigenvalue weighted by Crippen LogP contribution is -2.24. The zero-order chi connectivity index (χ0) is 13.2. The molecule has 1 aromatic carbocycles. The quantitative estimate of drug-likeness (QED) is 0.902. The zero-order valence-electron chi connectivity index (χ0n) is 11.0. The number of rotatable bonds is 3. The minimum atomic E-state index is 0.370. The molecule has 0 saturated heterocycles. The van der Waals surface area contributed by atoms with E-state index in [0.717, 1.165) is 30.1 Å². The highest BCUT2D eigenvalue weighted by Crippen LogP contribution is 2.32. The molecule has 1 aromatic heterocycles. The number of aromatic nitrogens is 1. The molecule has 100 valence electrons. The third-order valence-corrected chi connectivity index (χ3v) is 4.57. The first kappa shape index (κ1) is 12.6. The molecule has 0 radical (unpaired) electrons. The maximum atomic E-state index is 9.56. The van der Waals surface area contributed by atoms with Gasteiger partial charge in [0.2, 0.25) is 0 Å². The van der Waals surface area contributed by atoms with Crippen LogP contribution in [-0.4, -0.2) is 10.1 Å². The predicted octanol–water partition coefficient (Wildman–Crippen LogP) is 3.32. The molecule has 19 heavy (non-hydrogen) atoms. The minimum Gasteiger partial charge on any atom is -0.508 e. The molecular weight excluding hydrogens is 256 g/mol. The summed E-state index contributed by atoms with van der Waals surface area (Å²) >= 11 is 1.71. The Labute approximate surface area is 117 Å². The first-order chi connectivity index (χ1) is 9.22. The van der Waals surface area contributed by atoms with Gasteiger partial charge in [0, 0.05) is 23.7 Å². The molecule has 1 unspecified atom stereocenters. The Hall–Kier alpha value is -1.39. The summed E-state index contributed by atoms with van der Waals surface area (Å²) in [5.74, 6) is 0.370. The van der Waals surface area contributed by atoms with Crippen LogP contribution in [0.1, 0.15) is 40.7 Å². The van der Waals surface area contributed by atoms with Gasteiger partial charge in [0.1, 0.15) is 10.8 Å². The van der Waals surface area contributed by atoms with Crippen molar-refractivity contribution in [2.75, 3.05) is 0 Å². The Bertz CT molecular complexity index is 579. The second-order valence-electron chi connectivity index (χ2n) is 5.09. The van der Waals surface area contributed by atoms with Crippen LogP contribution in [0.2, 0.25) is 0 Å². The SMILES string of the molecule is Cc1csc(CNC2CCCc3cc(O)ccc32)n1. The van der Waals surface area contributed by atoms with E-state index in [9.17, 15) is 5.11 Å². The number of nitrogens with zero attached hydrogens (tertiary/aromatic N) is 1. The van der Waals surface area contributed by atoms with Crippen molar-refractivity contribution in [2.24, 2.45) is 0 Å². The molecule has 1 heterocycles.